The van der Waals surface area contributed by atoms with Crippen molar-refractivity contribution in [2.24, 2.45) is 0 Å². The third-order valence-corrected chi connectivity index (χ3v) is 2.18. The summed E-state index contributed by atoms with van der Waals surface area (Å²) in [6, 6.07) is 18.1. The molecule has 0 aliphatic rings. The van der Waals surface area contributed by atoms with Gasteiger partial charge in [-0.1, -0.05) is 54.6 Å². The zero-order valence-electron chi connectivity index (χ0n) is 8.43. The highest BCUT2D eigenvalue weighted by Gasteiger charge is 1.88. The summed E-state index contributed by atoms with van der Waals surface area (Å²) in [5.74, 6) is 0. The van der Waals surface area contributed by atoms with Crippen LogP contribution in [0.5, 0.6) is 0 Å². The molecule has 2 aromatic rings. The molecule has 0 heterocycles. The molecule has 0 fully saturated rings. The molecule has 1 heteroatoms. The third kappa shape index (κ3) is 2.71. The Kier molecular flexibility index (Phi) is 2.84. The van der Waals surface area contributed by atoms with Gasteiger partial charge in [0.2, 0.25) is 0 Å². The fraction of sp³-hybridized carbons (Fsp3) is 0. The Morgan fingerprint density at radius 1 is 0.733 bits per heavy atom. The van der Waals surface area contributed by atoms with Gasteiger partial charge in [-0.05, 0) is 23.3 Å². The van der Waals surface area contributed by atoms with Gasteiger partial charge in [0.1, 0.15) is 0 Å². The first-order valence-corrected chi connectivity index (χ1v) is 4.93. The maximum absolute atomic E-state index is 5.69. The van der Waals surface area contributed by atoms with Gasteiger partial charge >= 0.3 is 0 Å². The lowest BCUT2D eigenvalue weighted by atomic mass is 10.1. The van der Waals surface area contributed by atoms with Crippen LogP contribution in [0.4, 0.5) is 5.69 Å². The van der Waals surface area contributed by atoms with Crippen molar-refractivity contribution in [3.63, 3.8) is 0 Å². The first-order chi connectivity index (χ1) is 7.34. The van der Waals surface area contributed by atoms with Gasteiger partial charge in [-0.3, -0.25) is 0 Å². The number of hydrogen-bond donors (Lipinski definition) is 1. The largest absolute Gasteiger partial charge is 0.399 e. The van der Waals surface area contributed by atoms with Crippen molar-refractivity contribution < 1.29 is 0 Å². The predicted molar refractivity (Wildman–Crippen MR) is 66.2 cm³/mol. The SMILES string of the molecule is Nc1cccc(/C=C/c2ccccc2)c1. The molecule has 1 nitrogen and oxygen atoms in total. The van der Waals surface area contributed by atoms with Gasteiger partial charge in [-0.25, -0.2) is 0 Å². The van der Waals surface area contributed by atoms with E-state index in [0.717, 1.165) is 11.3 Å². The summed E-state index contributed by atoms with van der Waals surface area (Å²) in [7, 11) is 0. The van der Waals surface area contributed by atoms with Crippen LogP contribution >= 0.6 is 0 Å². The molecular weight excluding hydrogens is 182 g/mol. The topological polar surface area (TPSA) is 26.0 Å². The maximum atomic E-state index is 5.69. The Labute approximate surface area is 89.9 Å². The van der Waals surface area contributed by atoms with E-state index >= 15 is 0 Å². The standard InChI is InChI=1S/C14H13N/c15-14-8-4-7-13(11-14)10-9-12-5-2-1-3-6-12/h1-11H,15H2/b10-9+. The molecule has 0 saturated carbocycles. The molecule has 0 spiro atoms. The fourth-order valence-electron chi connectivity index (χ4n) is 1.42. The second-order valence-electron chi connectivity index (χ2n) is 3.41. The Bertz CT molecular complexity index is 458. The van der Waals surface area contributed by atoms with Gasteiger partial charge in [0, 0.05) is 5.69 Å². The number of anilines is 1. The summed E-state index contributed by atoms with van der Waals surface area (Å²) in [5, 5.41) is 0. The zero-order chi connectivity index (χ0) is 10.5. The van der Waals surface area contributed by atoms with Crippen molar-refractivity contribution in [2.45, 2.75) is 0 Å². The monoisotopic (exact) mass is 195 g/mol. The molecule has 2 rings (SSSR count). The summed E-state index contributed by atoms with van der Waals surface area (Å²) in [5.41, 5.74) is 8.81. The number of nitrogen functional groups attached to an aromatic ring is 1. The summed E-state index contributed by atoms with van der Waals surface area (Å²) in [6.45, 7) is 0. The molecule has 15 heavy (non-hydrogen) atoms. The van der Waals surface area contributed by atoms with Crippen LogP contribution in [0.3, 0.4) is 0 Å². The molecule has 74 valence electrons. The van der Waals surface area contributed by atoms with E-state index in [9.17, 15) is 0 Å². The summed E-state index contributed by atoms with van der Waals surface area (Å²) >= 11 is 0. The second kappa shape index (κ2) is 4.47. The normalized spacial score (nSPS) is 10.7. The molecule has 0 atom stereocenters. The van der Waals surface area contributed by atoms with E-state index < -0.39 is 0 Å². The lowest BCUT2D eigenvalue weighted by Gasteiger charge is -1.95. The van der Waals surface area contributed by atoms with Gasteiger partial charge < -0.3 is 5.73 Å². The molecule has 2 aromatic carbocycles. The Morgan fingerprint density at radius 3 is 2.13 bits per heavy atom. The van der Waals surface area contributed by atoms with Crippen LogP contribution in [0.25, 0.3) is 12.2 Å². The number of hydrogen-bond acceptors (Lipinski definition) is 1. The van der Waals surface area contributed by atoms with E-state index in [-0.39, 0.29) is 0 Å². The predicted octanol–water partition coefficient (Wildman–Crippen LogP) is 3.44. The lowest BCUT2D eigenvalue weighted by molar-refractivity contribution is 1.64. The van der Waals surface area contributed by atoms with Gasteiger partial charge in [0.05, 0.1) is 0 Å². The van der Waals surface area contributed by atoms with Crippen molar-refractivity contribution in [2.75, 3.05) is 5.73 Å². The summed E-state index contributed by atoms with van der Waals surface area (Å²) in [6.07, 6.45) is 4.14. The Hall–Kier alpha value is -2.02. The quantitative estimate of drug-likeness (QED) is 0.576. The van der Waals surface area contributed by atoms with Crippen LogP contribution in [0, 0.1) is 0 Å². The zero-order valence-corrected chi connectivity index (χ0v) is 8.43. The fourth-order valence-corrected chi connectivity index (χ4v) is 1.42. The van der Waals surface area contributed by atoms with Crippen LogP contribution in [0.2, 0.25) is 0 Å². The van der Waals surface area contributed by atoms with Gasteiger partial charge in [-0.2, -0.15) is 0 Å². The van der Waals surface area contributed by atoms with Crippen LogP contribution in [-0.2, 0) is 0 Å². The molecular formula is C14H13N. The molecule has 0 aromatic heterocycles. The molecule has 0 unspecified atom stereocenters. The van der Waals surface area contributed by atoms with E-state index in [4.69, 9.17) is 5.73 Å². The smallest absolute Gasteiger partial charge is 0.0319 e. The van der Waals surface area contributed by atoms with Crippen molar-refractivity contribution in [3.8, 4) is 0 Å². The molecule has 0 amide bonds. The highest BCUT2D eigenvalue weighted by Crippen LogP contribution is 2.10. The second-order valence-corrected chi connectivity index (χ2v) is 3.41. The highest BCUT2D eigenvalue weighted by molar-refractivity contribution is 5.70. The van der Waals surface area contributed by atoms with Crippen LogP contribution in [-0.4, -0.2) is 0 Å². The first kappa shape index (κ1) is 9.53. The molecule has 0 aliphatic carbocycles. The minimum absolute atomic E-state index is 0.796. The molecule has 0 saturated heterocycles. The lowest BCUT2D eigenvalue weighted by Crippen LogP contribution is -1.83. The molecule has 0 aliphatic heterocycles. The van der Waals surface area contributed by atoms with E-state index in [0.29, 0.717) is 0 Å². The number of rotatable bonds is 2. The van der Waals surface area contributed by atoms with E-state index in [1.54, 1.807) is 0 Å². The summed E-state index contributed by atoms with van der Waals surface area (Å²) in [4.78, 5) is 0. The summed E-state index contributed by atoms with van der Waals surface area (Å²) < 4.78 is 0. The van der Waals surface area contributed by atoms with Crippen molar-refractivity contribution >= 4 is 17.8 Å². The van der Waals surface area contributed by atoms with Crippen LogP contribution < -0.4 is 5.73 Å². The average Bonchev–Trinajstić information content (AvgIpc) is 2.28. The average molecular weight is 195 g/mol. The number of nitrogens with two attached hydrogens (primary N) is 1. The minimum Gasteiger partial charge on any atom is -0.399 e. The van der Waals surface area contributed by atoms with Crippen molar-refractivity contribution in [1.29, 1.82) is 0 Å². The minimum atomic E-state index is 0.796. The van der Waals surface area contributed by atoms with E-state index in [1.807, 2.05) is 42.5 Å². The third-order valence-electron chi connectivity index (χ3n) is 2.18. The molecule has 2 N–H and O–H groups in total. The highest BCUT2D eigenvalue weighted by atomic mass is 14.5. The molecule has 0 radical (unpaired) electrons. The van der Waals surface area contributed by atoms with E-state index in [1.165, 1.54) is 5.56 Å². The van der Waals surface area contributed by atoms with Gasteiger partial charge in [0.15, 0.2) is 0 Å². The van der Waals surface area contributed by atoms with E-state index in [2.05, 4.69) is 24.3 Å². The van der Waals surface area contributed by atoms with Crippen molar-refractivity contribution in [3.05, 3.63) is 65.7 Å². The van der Waals surface area contributed by atoms with Crippen LogP contribution in [0.1, 0.15) is 11.1 Å². The maximum Gasteiger partial charge on any atom is 0.0319 e. The van der Waals surface area contributed by atoms with Gasteiger partial charge in [-0.15, -0.1) is 0 Å². The number of benzene rings is 2. The first-order valence-electron chi connectivity index (χ1n) is 4.93. The Balaban J connectivity index is 2.19. The Morgan fingerprint density at radius 2 is 1.40 bits per heavy atom. The van der Waals surface area contributed by atoms with Gasteiger partial charge in [0.25, 0.3) is 0 Å². The van der Waals surface area contributed by atoms with Crippen LogP contribution in [0.15, 0.2) is 54.6 Å². The van der Waals surface area contributed by atoms with Crippen molar-refractivity contribution in [1.82, 2.24) is 0 Å². The molecule has 0 bridgehead atoms.